The number of nitrogens with one attached hydrogen (secondary N) is 2. The lowest BCUT2D eigenvalue weighted by atomic mass is 9.83. The standard InChI is InChI=1S/C19H23N3O/c1-12(2)21-15-9-7-13(8-10-15)18-16(19(20)23)11-14-5-3-4-6-17(14)22-18/h3-10,12,16,18,21-22H,11H2,1-2H3,(H2,20,23). The molecule has 0 fully saturated rings. The average Bonchev–Trinajstić information content (AvgIpc) is 2.53. The molecule has 0 saturated heterocycles. The van der Waals surface area contributed by atoms with Gasteiger partial charge in [-0.05, 0) is 49.6 Å². The zero-order valence-electron chi connectivity index (χ0n) is 13.5. The SMILES string of the molecule is CC(C)Nc1ccc(C2Nc3ccccc3CC2C(N)=O)cc1. The van der Waals surface area contributed by atoms with E-state index in [4.69, 9.17) is 5.73 Å². The molecule has 4 nitrogen and oxygen atoms in total. The molecule has 2 aromatic carbocycles. The molecular formula is C19H23N3O. The lowest BCUT2D eigenvalue weighted by Crippen LogP contribution is -2.37. The molecule has 23 heavy (non-hydrogen) atoms. The van der Waals surface area contributed by atoms with Crippen LogP contribution in [0.15, 0.2) is 48.5 Å². The van der Waals surface area contributed by atoms with Gasteiger partial charge in [0.05, 0.1) is 12.0 Å². The van der Waals surface area contributed by atoms with E-state index in [0.29, 0.717) is 12.5 Å². The van der Waals surface area contributed by atoms with Gasteiger partial charge in [-0.1, -0.05) is 30.3 Å². The maximum absolute atomic E-state index is 11.9. The fraction of sp³-hybridized carbons (Fsp3) is 0.316. The van der Waals surface area contributed by atoms with Gasteiger partial charge in [-0.15, -0.1) is 0 Å². The molecule has 2 atom stereocenters. The highest BCUT2D eigenvalue weighted by Gasteiger charge is 2.32. The number of rotatable bonds is 4. The minimum absolute atomic E-state index is 0.0875. The third-order valence-electron chi connectivity index (χ3n) is 4.26. The van der Waals surface area contributed by atoms with E-state index in [2.05, 4.69) is 48.7 Å². The van der Waals surface area contributed by atoms with Crippen LogP contribution < -0.4 is 16.4 Å². The van der Waals surface area contributed by atoms with E-state index in [9.17, 15) is 4.79 Å². The van der Waals surface area contributed by atoms with Crippen molar-refractivity contribution in [3.05, 3.63) is 59.7 Å². The van der Waals surface area contributed by atoms with Gasteiger partial charge in [0.15, 0.2) is 0 Å². The normalized spacial score (nSPS) is 19.8. The second-order valence-electron chi connectivity index (χ2n) is 6.41. The molecular weight excluding hydrogens is 286 g/mol. The fourth-order valence-electron chi connectivity index (χ4n) is 3.16. The molecule has 0 spiro atoms. The van der Waals surface area contributed by atoms with Gasteiger partial charge in [0.2, 0.25) is 5.91 Å². The van der Waals surface area contributed by atoms with Crippen molar-refractivity contribution >= 4 is 17.3 Å². The summed E-state index contributed by atoms with van der Waals surface area (Å²) in [4.78, 5) is 11.9. The Balaban J connectivity index is 1.89. The van der Waals surface area contributed by atoms with Gasteiger partial charge in [0.1, 0.15) is 0 Å². The predicted molar refractivity (Wildman–Crippen MR) is 94.4 cm³/mol. The maximum Gasteiger partial charge on any atom is 0.223 e. The minimum Gasteiger partial charge on any atom is -0.383 e. The van der Waals surface area contributed by atoms with E-state index in [0.717, 1.165) is 22.5 Å². The summed E-state index contributed by atoms with van der Waals surface area (Å²) in [5, 5.41) is 6.86. The molecule has 2 unspecified atom stereocenters. The molecule has 1 amide bonds. The van der Waals surface area contributed by atoms with Gasteiger partial charge in [-0.2, -0.15) is 0 Å². The molecule has 1 aliphatic heterocycles. The zero-order chi connectivity index (χ0) is 16.4. The first-order chi connectivity index (χ1) is 11.0. The van der Waals surface area contributed by atoms with Crippen molar-refractivity contribution in [2.24, 2.45) is 11.7 Å². The summed E-state index contributed by atoms with van der Waals surface area (Å²) >= 11 is 0. The highest BCUT2D eigenvalue weighted by Crippen LogP contribution is 2.36. The van der Waals surface area contributed by atoms with Crippen LogP contribution in [0.4, 0.5) is 11.4 Å². The second-order valence-corrected chi connectivity index (χ2v) is 6.41. The number of carbonyl (C=O) groups is 1. The van der Waals surface area contributed by atoms with E-state index in [1.165, 1.54) is 0 Å². The second kappa shape index (κ2) is 6.32. The molecule has 0 radical (unpaired) electrons. The largest absolute Gasteiger partial charge is 0.383 e. The van der Waals surface area contributed by atoms with Crippen LogP contribution in [0, 0.1) is 5.92 Å². The molecule has 2 aromatic rings. The number of anilines is 2. The molecule has 0 aromatic heterocycles. The number of amides is 1. The van der Waals surface area contributed by atoms with Crippen molar-refractivity contribution < 1.29 is 4.79 Å². The quantitative estimate of drug-likeness (QED) is 0.811. The van der Waals surface area contributed by atoms with Crippen LogP contribution in [0.3, 0.4) is 0 Å². The maximum atomic E-state index is 11.9. The van der Waals surface area contributed by atoms with Gasteiger partial charge in [0, 0.05) is 17.4 Å². The number of fused-ring (bicyclic) bond motifs is 1. The summed E-state index contributed by atoms with van der Waals surface area (Å²) in [6, 6.07) is 16.6. The fourth-order valence-corrected chi connectivity index (χ4v) is 3.16. The molecule has 0 saturated carbocycles. The van der Waals surface area contributed by atoms with Crippen LogP contribution in [0.25, 0.3) is 0 Å². The van der Waals surface area contributed by atoms with Crippen molar-refractivity contribution in [3.8, 4) is 0 Å². The molecule has 0 bridgehead atoms. The van der Waals surface area contributed by atoms with Crippen LogP contribution in [0.2, 0.25) is 0 Å². The van der Waals surface area contributed by atoms with E-state index in [-0.39, 0.29) is 17.9 Å². The van der Waals surface area contributed by atoms with Crippen molar-refractivity contribution in [2.45, 2.75) is 32.4 Å². The molecule has 0 aliphatic carbocycles. The summed E-state index contributed by atoms with van der Waals surface area (Å²) in [5.74, 6) is -0.504. The molecule has 1 aliphatic rings. The number of carbonyl (C=O) groups excluding carboxylic acids is 1. The number of benzene rings is 2. The van der Waals surface area contributed by atoms with Gasteiger partial charge < -0.3 is 16.4 Å². The number of para-hydroxylation sites is 1. The summed E-state index contributed by atoms with van der Waals surface area (Å²) in [7, 11) is 0. The van der Waals surface area contributed by atoms with Crippen molar-refractivity contribution in [2.75, 3.05) is 10.6 Å². The first-order valence-corrected chi connectivity index (χ1v) is 8.05. The summed E-state index contributed by atoms with van der Waals surface area (Å²) in [6.07, 6.45) is 0.676. The number of nitrogens with two attached hydrogens (primary N) is 1. The summed E-state index contributed by atoms with van der Waals surface area (Å²) < 4.78 is 0. The first kappa shape index (κ1) is 15.4. The van der Waals surface area contributed by atoms with E-state index in [1.807, 2.05) is 24.3 Å². The highest BCUT2D eigenvalue weighted by atomic mass is 16.1. The Morgan fingerprint density at radius 2 is 1.87 bits per heavy atom. The Labute approximate surface area is 137 Å². The molecule has 120 valence electrons. The predicted octanol–water partition coefficient (Wildman–Crippen LogP) is 3.32. The van der Waals surface area contributed by atoms with Crippen molar-refractivity contribution in [1.82, 2.24) is 0 Å². The Kier molecular flexibility index (Phi) is 4.24. The topological polar surface area (TPSA) is 67.2 Å². The van der Waals surface area contributed by atoms with Crippen LogP contribution in [0.1, 0.15) is 31.0 Å². The smallest absolute Gasteiger partial charge is 0.223 e. The van der Waals surface area contributed by atoms with Gasteiger partial charge in [0.25, 0.3) is 0 Å². The van der Waals surface area contributed by atoms with Crippen LogP contribution in [-0.2, 0) is 11.2 Å². The average molecular weight is 309 g/mol. The molecule has 4 heteroatoms. The van der Waals surface area contributed by atoms with Crippen molar-refractivity contribution in [3.63, 3.8) is 0 Å². The number of hydrogen-bond acceptors (Lipinski definition) is 3. The molecule has 4 N–H and O–H groups in total. The summed E-state index contributed by atoms with van der Waals surface area (Å²) in [5.41, 5.74) is 10.0. The highest BCUT2D eigenvalue weighted by molar-refractivity contribution is 5.80. The summed E-state index contributed by atoms with van der Waals surface area (Å²) in [6.45, 7) is 4.22. The van der Waals surface area contributed by atoms with Crippen LogP contribution >= 0.6 is 0 Å². The third-order valence-corrected chi connectivity index (χ3v) is 4.26. The van der Waals surface area contributed by atoms with Crippen LogP contribution in [-0.4, -0.2) is 11.9 Å². The molecule has 1 heterocycles. The lowest BCUT2D eigenvalue weighted by molar-refractivity contribution is -0.122. The van der Waals surface area contributed by atoms with Crippen LogP contribution in [0.5, 0.6) is 0 Å². The van der Waals surface area contributed by atoms with Gasteiger partial charge >= 0.3 is 0 Å². The number of primary amides is 1. The van der Waals surface area contributed by atoms with Gasteiger partial charge in [-0.25, -0.2) is 0 Å². The lowest BCUT2D eigenvalue weighted by Gasteiger charge is -2.33. The number of hydrogen-bond donors (Lipinski definition) is 3. The van der Waals surface area contributed by atoms with E-state index < -0.39 is 0 Å². The van der Waals surface area contributed by atoms with Crippen molar-refractivity contribution in [1.29, 1.82) is 0 Å². The Bertz CT molecular complexity index is 694. The Morgan fingerprint density at radius 1 is 1.17 bits per heavy atom. The van der Waals surface area contributed by atoms with E-state index in [1.54, 1.807) is 0 Å². The Hall–Kier alpha value is -2.49. The zero-order valence-corrected chi connectivity index (χ0v) is 13.5. The van der Waals surface area contributed by atoms with E-state index >= 15 is 0 Å². The first-order valence-electron chi connectivity index (χ1n) is 8.05. The minimum atomic E-state index is -0.263. The Morgan fingerprint density at radius 3 is 2.52 bits per heavy atom. The van der Waals surface area contributed by atoms with Gasteiger partial charge in [-0.3, -0.25) is 4.79 Å². The third kappa shape index (κ3) is 3.31. The monoisotopic (exact) mass is 309 g/mol. The molecule has 3 rings (SSSR count).